The summed E-state index contributed by atoms with van der Waals surface area (Å²) in [7, 11) is 1.67. The Morgan fingerprint density at radius 1 is 1.06 bits per heavy atom. The van der Waals surface area contributed by atoms with Crippen LogP contribution in [0.15, 0.2) is 65.3 Å². The van der Waals surface area contributed by atoms with Crippen LogP contribution in [0.3, 0.4) is 0 Å². The molecular weight excluding hydrogens is 434 g/mol. The maximum Gasteiger partial charge on any atom is 0.246 e. The number of fused-ring (bicyclic) bond motifs is 2. The van der Waals surface area contributed by atoms with E-state index in [1.807, 2.05) is 25.0 Å². The Bertz CT molecular complexity index is 1430. The number of rotatable bonds is 4. The van der Waals surface area contributed by atoms with Crippen molar-refractivity contribution >= 4 is 33.2 Å². The van der Waals surface area contributed by atoms with E-state index in [1.165, 1.54) is 17.2 Å². The van der Waals surface area contributed by atoms with Crippen LogP contribution in [-0.4, -0.2) is 31.0 Å². The number of methoxy groups -OCH3 is 1. The Hall–Kier alpha value is -3.53. The van der Waals surface area contributed by atoms with E-state index in [1.54, 1.807) is 13.2 Å². The molecule has 0 saturated carbocycles. The van der Waals surface area contributed by atoms with Gasteiger partial charge in [-0.05, 0) is 66.1 Å². The molecule has 2 heterocycles. The average Bonchev–Trinajstić information content (AvgIpc) is 3.27. The number of amides is 1. The lowest BCUT2D eigenvalue weighted by Gasteiger charge is -2.34. The van der Waals surface area contributed by atoms with Crippen molar-refractivity contribution in [2.45, 2.75) is 34.1 Å². The summed E-state index contributed by atoms with van der Waals surface area (Å²) in [4.78, 5) is 15.2. The van der Waals surface area contributed by atoms with E-state index in [9.17, 15) is 4.79 Å². The molecule has 5 rings (SSSR count). The van der Waals surface area contributed by atoms with Gasteiger partial charge in [0.15, 0.2) is 0 Å². The van der Waals surface area contributed by atoms with Gasteiger partial charge in [0.1, 0.15) is 11.3 Å². The molecule has 0 spiro atoms. The smallest absolute Gasteiger partial charge is 0.246 e. The van der Waals surface area contributed by atoms with Crippen molar-refractivity contribution in [2.24, 2.45) is 11.8 Å². The summed E-state index contributed by atoms with van der Waals surface area (Å²) in [5.74, 6) is 1.88. The number of aryl methyl sites for hydroxylation is 1. The third-order valence-corrected chi connectivity index (χ3v) is 7.25. The Morgan fingerprint density at radius 3 is 2.49 bits per heavy atom. The summed E-state index contributed by atoms with van der Waals surface area (Å²) in [5.41, 5.74) is 5.71. The molecule has 1 saturated heterocycles. The van der Waals surface area contributed by atoms with Crippen molar-refractivity contribution in [1.29, 1.82) is 0 Å². The normalized spacial score (nSPS) is 18.9. The van der Waals surface area contributed by atoms with E-state index in [0.29, 0.717) is 11.8 Å². The third kappa shape index (κ3) is 4.34. The van der Waals surface area contributed by atoms with Crippen LogP contribution in [-0.2, 0) is 4.79 Å². The number of hydrogen-bond donors (Lipinski definition) is 0. The van der Waals surface area contributed by atoms with Gasteiger partial charge in [-0.25, -0.2) is 0 Å². The van der Waals surface area contributed by atoms with E-state index in [0.717, 1.165) is 57.6 Å². The minimum Gasteiger partial charge on any atom is -0.496 e. The van der Waals surface area contributed by atoms with Gasteiger partial charge in [0.25, 0.3) is 0 Å². The van der Waals surface area contributed by atoms with Crippen LogP contribution in [0.4, 0.5) is 0 Å². The molecule has 1 amide bonds. The van der Waals surface area contributed by atoms with Crippen molar-refractivity contribution in [3.05, 3.63) is 72.0 Å². The highest BCUT2D eigenvalue weighted by Gasteiger charge is 2.25. The molecule has 0 radical (unpaired) electrons. The number of piperidine rings is 1. The fraction of sp³-hybridized carbons (Fsp3) is 0.323. The molecule has 180 valence electrons. The standard InChI is InChI=1S/C31H33NO3/c1-19-12-20(2)17-32(16-19)29(33)13-21(3)26-15-27-28(18-35-31(27)22(4)30(26)34-5)25-11-10-23-8-6-7-9-24(23)14-25/h6-11,13-15,18-20H,12,16-17H2,1-5H3/b21-13+. The highest BCUT2D eigenvalue weighted by Crippen LogP contribution is 2.41. The lowest BCUT2D eigenvalue weighted by atomic mass is 9.91. The van der Waals surface area contributed by atoms with Gasteiger partial charge < -0.3 is 14.1 Å². The van der Waals surface area contributed by atoms with Crippen LogP contribution in [0, 0.1) is 18.8 Å². The zero-order valence-electron chi connectivity index (χ0n) is 21.2. The number of nitrogens with zero attached hydrogens (tertiary/aromatic N) is 1. The Morgan fingerprint density at radius 2 is 1.77 bits per heavy atom. The highest BCUT2D eigenvalue weighted by molar-refractivity contribution is 6.02. The molecular formula is C31H33NO3. The summed E-state index contributed by atoms with van der Waals surface area (Å²) >= 11 is 0. The van der Waals surface area contributed by atoms with Crippen LogP contribution in [0.2, 0.25) is 0 Å². The first-order chi connectivity index (χ1) is 16.9. The molecule has 35 heavy (non-hydrogen) atoms. The van der Waals surface area contributed by atoms with Crippen LogP contribution in [0.1, 0.15) is 38.3 Å². The van der Waals surface area contributed by atoms with Crippen LogP contribution < -0.4 is 4.74 Å². The molecule has 3 aromatic carbocycles. The number of furan rings is 1. The van der Waals surface area contributed by atoms with Gasteiger partial charge >= 0.3 is 0 Å². The van der Waals surface area contributed by atoms with Gasteiger partial charge in [-0.3, -0.25) is 4.79 Å². The molecule has 0 N–H and O–H groups in total. The fourth-order valence-electron chi connectivity index (χ4n) is 5.65. The molecule has 1 aliphatic rings. The minimum atomic E-state index is 0.0719. The maximum absolute atomic E-state index is 13.2. The van der Waals surface area contributed by atoms with Gasteiger partial charge in [-0.1, -0.05) is 50.2 Å². The molecule has 4 heteroatoms. The number of benzene rings is 3. The lowest BCUT2D eigenvalue weighted by molar-refractivity contribution is -0.128. The Balaban J connectivity index is 1.58. The topological polar surface area (TPSA) is 42.7 Å². The average molecular weight is 468 g/mol. The quantitative estimate of drug-likeness (QED) is 0.292. The van der Waals surface area contributed by atoms with E-state index < -0.39 is 0 Å². The molecule has 2 atom stereocenters. The first-order valence-electron chi connectivity index (χ1n) is 12.4. The zero-order valence-corrected chi connectivity index (χ0v) is 21.2. The van der Waals surface area contributed by atoms with E-state index in [4.69, 9.17) is 9.15 Å². The zero-order chi connectivity index (χ0) is 24.7. The van der Waals surface area contributed by atoms with Crippen molar-refractivity contribution in [2.75, 3.05) is 20.2 Å². The van der Waals surface area contributed by atoms with E-state index >= 15 is 0 Å². The fourth-order valence-corrected chi connectivity index (χ4v) is 5.65. The number of carbonyl (C=O) groups is 1. The number of allylic oxidation sites excluding steroid dienone is 1. The van der Waals surface area contributed by atoms with Crippen molar-refractivity contribution in [3.8, 4) is 16.9 Å². The molecule has 2 unspecified atom stereocenters. The summed E-state index contributed by atoms with van der Waals surface area (Å²) < 4.78 is 11.9. The molecule has 1 aliphatic heterocycles. The summed E-state index contributed by atoms with van der Waals surface area (Å²) in [6.45, 7) is 10.1. The summed E-state index contributed by atoms with van der Waals surface area (Å²) in [6.07, 6.45) is 4.77. The van der Waals surface area contributed by atoms with E-state index in [2.05, 4.69) is 62.4 Å². The second-order valence-electron chi connectivity index (χ2n) is 10.2. The SMILES string of the molecule is COc1c(/C(C)=C/C(=O)N2CC(C)CC(C)C2)cc2c(-c3ccc4ccccc4c3)coc2c1C. The lowest BCUT2D eigenvalue weighted by Crippen LogP contribution is -2.41. The Kier molecular flexibility index (Phi) is 6.14. The number of carbonyl (C=O) groups excluding carboxylic acids is 1. The van der Waals surface area contributed by atoms with Crippen molar-refractivity contribution in [3.63, 3.8) is 0 Å². The largest absolute Gasteiger partial charge is 0.496 e. The molecule has 0 bridgehead atoms. The number of likely N-dealkylation sites (tertiary alicyclic amines) is 1. The highest BCUT2D eigenvalue weighted by atomic mass is 16.5. The van der Waals surface area contributed by atoms with Crippen LogP contribution >= 0.6 is 0 Å². The summed E-state index contributed by atoms with van der Waals surface area (Å²) in [5, 5.41) is 3.42. The van der Waals surface area contributed by atoms with Crippen LogP contribution in [0.25, 0.3) is 38.4 Å². The third-order valence-electron chi connectivity index (χ3n) is 7.25. The predicted molar refractivity (Wildman–Crippen MR) is 144 cm³/mol. The molecule has 0 aliphatic carbocycles. The second-order valence-corrected chi connectivity index (χ2v) is 10.2. The molecule has 1 aromatic heterocycles. The predicted octanol–water partition coefficient (Wildman–Crippen LogP) is 7.48. The van der Waals surface area contributed by atoms with Gasteiger partial charge in [-0.2, -0.15) is 0 Å². The minimum absolute atomic E-state index is 0.0719. The summed E-state index contributed by atoms with van der Waals surface area (Å²) in [6, 6.07) is 16.9. The molecule has 4 nitrogen and oxygen atoms in total. The maximum atomic E-state index is 13.2. The van der Waals surface area contributed by atoms with Gasteiger partial charge in [0.2, 0.25) is 5.91 Å². The van der Waals surface area contributed by atoms with Crippen LogP contribution in [0.5, 0.6) is 5.75 Å². The van der Waals surface area contributed by atoms with E-state index in [-0.39, 0.29) is 5.91 Å². The monoisotopic (exact) mass is 467 g/mol. The van der Waals surface area contributed by atoms with Crippen molar-refractivity contribution in [1.82, 2.24) is 4.90 Å². The first kappa shape index (κ1) is 23.2. The number of ether oxygens (including phenoxy) is 1. The first-order valence-corrected chi connectivity index (χ1v) is 12.4. The van der Waals surface area contributed by atoms with Gasteiger partial charge in [-0.15, -0.1) is 0 Å². The van der Waals surface area contributed by atoms with Gasteiger partial charge in [0, 0.05) is 41.2 Å². The second kappa shape index (κ2) is 9.26. The number of hydrogen-bond acceptors (Lipinski definition) is 3. The van der Waals surface area contributed by atoms with Crippen molar-refractivity contribution < 1.29 is 13.9 Å². The Labute approximate surface area is 207 Å². The molecule has 4 aromatic rings. The van der Waals surface area contributed by atoms with Gasteiger partial charge in [0.05, 0.1) is 13.4 Å². The molecule has 1 fully saturated rings.